The van der Waals surface area contributed by atoms with Crippen LogP contribution in [0, 0.1) is 13.8 Å². The lowest BCUT2D eigenvalue weighted by atomic mass is 10.1. The number of hydrogen-bond acceptors (Lipinski definition) is 4. The van der Waals surface area contributed by atoms with Crippen LogP contribution in [-0.4, -0.2) is 27.2 Å². The van der Waals surface area contributed by atoms with Crippen LogP contribution in [0.25, 0.3) is 16.9 Å². The summed E-state index contributed by atoms with van der Waals surface area (Å²) < 4.78 is 8.66. The third kappa shape index (κ3) is 4.67. The molecule has 0 aliphatic rings. The van der Waals surface area contributed by atoms with Crippen molar-refractivity contribution in [2.24, 2.45) is 7.05 Å². The Labute approximate surface area is 192 Å². The van der Waals surface area contributed by atoms with Gasteiger partial charge in [0.1, 0.15) is 11.4 Å². The third-order valence-corrected chi connectivity index (χ3v) is 6.00. The van der Waals surface area contributed by atoms with Gasteiger partial charge in [-0.25, -0.2) is 0 Å². The van der Waals surface area contributed by atoms with E-state index in [1.54, 1.807) is 7.11 Å². The van der Waals surface area contributed by atoms with Crippen molar-refractivity contribution >= 4 is 11.6 Å². The number of carbonyl (C=O) groups excluding carboxylic acids is 1. The van der Waals surface area contributed by atoms with Crippen molar-refractivity contribution in [2.45, 2.75) is 33.2 Å². The van der Waals surface area contributed by atoms with E-state index in [9.17, 15) is 9.59 Å². The second kappa shape index (κ2) is 9.32. The van der Waals surface area contributed by atoms with Gasteiger partial charge in [0.05, 0.1) is 12.8 Å². The summed E-state index contributed by atoms with van der Waals surface area (Å²) in [7, 11) is 3.52. The predicted molar refractivity (Wildman–Crippen MR) is 129 cm³/mol. The highest BCUT2D eigenvalue weighted by atomic mass is 16.5. The standard InChI is InChI=1S/C26H28N4O3/c1-17-8-10-19(11-9-17)16-27-24(31)13-12-22-18(2)29(3)25-15-23(28-30(25)26(22)32)20-6-5-7-21(14-20)33-4/h5-11,14-15H,12-13,16H2,1-4H3,(H,27,31). The summed E-state index contributed by atoms with van der Waals surface area (Å²) in [5.41, 5.74) is 5.71. The maximum Gasteiger partial charge on any atom is 0.277 e. The second-order valence-corrected chi connectivity index (χ2v) is 8.22. The van der Waals surface area contributed by atoms with Crippen LogP contribution >= 0.6 is 0 Å². The van der Waals surface area contributed by atoms with Crippen LogP contribution < -0.4 is 15.6 Å². The van der Waals surface area contributed by atoms with E-state index in [1.807, 2.05) is 80.1 Å². The maximum absolute atomic E-state index is 13.2. The van der Waals surface area contributed by atoms with Gasteiger partial charge in [0, 0.05) is 42.9 Å². The number of nitrogens with one attached hydrogen (secondary N) is 1. The Balaban J connectivity index is 1.54. The summed E-state index contributed by atoms with van der Waals surface area (Å²) in [6, 6.07) is 17.5. The molecule has 0 aliphatic heterocycles. The lowest BCUT2D eigenvalue weighted by molar-refractivity contribution is -0.121. The van der Waals surface area contributed by atoms with Crippen molar-refractivity contribution in [3.05, 3.63) is 87.3 Å². The molecule has 0 spiro atoms. The van der Waals surface area contributed by atoms with E-state index in [-0.39, 0.29) is 17.9 Å². The molecule has 0 saturated heterocycles. The van der Waals surface area contributed by atoms with E-state index in [4.69, 9.17) is 4.74 Å². The quantitative estimate of drug-likeness (QED) is 0.473. The van der Waals surface area contributed by atoms with Gasteiger partial charge < -0.3 is 14.6 Å². The fraction of sp³-hybridized carbons (Fsp3) is 0.269. The van der Waals surface area contributed by atoms with E-state index in [1.165, 1.54) is 10.1 Å². The highest BCUT2D eigenvalue weighted by Gasteiger charge is 2.17. The Morgan fingerprint density at radius 3 is 2.58 bits per heavy atom. The van der Waals surface area contributed by atoms with Crippen molar-refractivity contribution < 1.29 is 9.53 Å². The molecule has 0 atom stereocenters. The molecule has 4 rings (SSSR count). The molecule has 33 heavy (non-hydrogen) atoms. The van der Waals surface area contributed by atoms with E-state index >= 15 is 0 Å². The van der Waals surface area contributed by atoms with E-state index in [2.05, 4.69) is 10.4 Å². The van der Waals surface area contributed by atoms with Crippen LogP contribution in [0.2, 0.25) is 0 Å². The summed E-state index contributed by atoms with van der Waals surface area (Å²) in [5.74, 6) is 0.638. The van der Waals surface area contributed by atoms with Gasteiger partial charge in [0.2, 0.25) is 5.91 Å². The Morgan fingerprint density at radius 1 is 1.09 bits per heavy atom. The number of fused-ring (bicyclic) bond motifs is 1. The monoisotopic (exact) mass is 444 g/mol. The number of methoxy groups -OCH3 is 1. The lowest BCUT2D eigenvalue weighted by Gasteiger charge is -2.12. The average Bonchev–Trinajstić information content (AvgIpc) is 3.28. The Bertz CT molecular complexity index is 1370. The minimum absolute atomic E-state index is 0.0883. The van der Waals surface area contributed by atoms with Crippen LogP contribution in [0.5, 0.6) is 5.75 Å². The molecule has 2 heterocycles. The summed E-state index contributed by atoms with van der Waals surface area (Å²) >= 11 is 0. The number of nitrogens with zero attached hydrogens (tertiary/aromatic N) is 3. The van der Waals surface area contributed by atoms with Crippen molar-refractivity contribution in [3.63, 3.8) is 0 Å². The smallest absolute Gasteiger partial charge is 0.277 e. The molecule has 0 saturated carbocycles. The summed E-state index contributed by atoms with van der Waals surface area (Å²) in [6.45, 7) is 4.40. The molecule has 0 radical (unpaired) electrons. The van der Waals surface area contributed by atoms with Gasteiger partial charge in [-0.1, -0.05) is 42.0 Å². The predicted octanol–water partition coefficient (Wildman–Crippen LogP) is 3.57. The number of aryl methyl sites for hydroxylation is 2. The van der Waals surface area contributed by atoms with Crippen LogP contribution in [0.4, 0.5) is 0 Å². The molecule has 1 amide bonds. The number of carbonyl (C=O) groups is 1. The highest BCUT2D eigenvalue weighted by Crippen LogP contribution is 2.24. The zero-order chi connectivity index (χ0) is 23.5. The fourth-order valence-corrected chi connectivity index (χ4v) is 3.86. The second-order valence-electron chi connectivity index (χ2n) is 8.22. The topological polar surface area (TPSA) is 77.6 Å². The maximum atomic E-state index is 13.2. The van der Waals surface area contributed by atoms with Gasteiger partial charge >= 0.3 is 0 Å². The van der Waals surface area contributed by atoms with Gasteiger partial charge in [-0.05, 0) is 38.0 Å². The van der Waals surface area contributed by atoms with Gasteiger partial charge in [-0.15, -0.1) is 0 Å². The Morgan fingerprint density at radius 2 is 1.85 bits per heavy atom. The first-order chi connectivity index (χ1) is 15.9. The Kier molecular flexibility index (Phi) is 6.31. The highest BCUT2D eigenvalue weighted by molar-refractivity contribution is 5.76. The molecule has 7 heteroatoms. The number of ether oxygens (including phenoxy) is 1. The van der Waals surface area contributed by atoms with Gasteiger partial charge in [-0.3, -0.25) is 9.59 Å². The Hall–Kier alpha value is -3.87. The van der Waals surface area contributed by atoms with Crippen LogP contribution in [0.15, 0.2) is 59.4 Å². The molecule has 0 unspecified atom stereocenters. The molecule has 0 bridgehead atoms. The molecule has 170 valence electrons. The summed E-state index contributed by atoms with van der Waals surface area (Å²) in [4.78, 5) is 25.6. The number of rotatable bonds is 7. The minimum atomic E-state index is -0.193. The van der Waals surface area contributed by atoms with Gasteiger partial charge in [0.15, 0.2) is 0 Å². The molecule has 7 nitrogen and oxygen atoms in total. The van der Waals surface area contributed by atoms with Crippen molar-refractivity contribution in [1.29, 1.82) is 0 Å². The summed E-state index contributed by atoms with van der Waals surface area (Å²) in [6.07, 6.45) is 0.583. The molecular weight excluding hydrogens is 416 g/mol. The first-order valence-electron chi connectivity index (χ1n) is 10.9. The molecular formula is C26H28N4O3. The van der Waals surface area contributed by atoms with Gasteiger partial charge in [0.25, 0.3) is 5.56 Å². The molecule has 0 fully saturated rings. The average molecular weight is 445 g/mol. The largest absolute Gasteiger partial charge is 0.497 e. The third-order valence-electron chi connectivity index (χ3n) is 6.00. The van der Waals surface area contributed by atoms with E-state index in [0.717, 1.165) is 22.6 Å². The van der Waals surface area contributed by atoms with Crippen molar-refractivity contribution in [3.8, 4) is 17.0 Å². The molecule has 4 aromatic rings. The zero-order valence-corrected chi connectivity index (χ0v) is 19.4. The van der Waals surface area contributed by atoms with Crippen LogP contribution in [0.1, 0.15) is 28.8 Å². The van der Waals surface area contributed by atoms with Crippen LogP contribution in [-0.2, 0) is 24.8 Å². The molecule has 0 aliphatic carbocycles. The number of hydrogen-bond donors (Lipinski definition) is 1. The van der Waals surface area contributed by atoms with E-state index in [0.29, 0.717) is 29.9 Å². The molecule has 2 aromatic carbocycles. The number of benzene rings is 2. The first kappa shape index (κ1) is 22.3. The normalized spacial score (nSPS) is 11.0. The minimum Gasteiger partial charge on any atom is -0.497 e. The van der Waals surface area contributed by atoms with E-state index < -0.39 is 0 Å². The number of aromatic nitrogens is 3. The fourth-order valence-electron chi connectivity index (χ4n) is 3.86. The molecule has 2 aromatic heterocycles. The van der Waals surface area contributed by atoms with Gasteiger partial charge in [-0.2, -0.15) is 9.61 Å². The SMILES string of the molecule is COc1cccc(-c2cc3n(C)c(C)c(CCC(=O)NCc4ccc(C)cc4)c(=O)n3n2)c1. The lowest BCUT2D eigenvalue weighted by Crippen LogP contribution is -2.27. The molecule has 1 N–H and O–H groups in total. The first-order valence-corrected chi connectivity index (χ1v) is 10.9. The van der Waals surface area contributed by atoms with Crippen molar-refractivity contribution in [2.75, 3.05) is 7.11 Å². The summed E-state index contributed by atoms with van der Waals surface area (Å²) in [5, 5.41) is 7.49. The zero-order valence-electron chi connectivity index (χ0n) is 19.4. The number of amides is 1. The van der Waals surface area contributed by atoms with Crippen LogP contribution in [0.3, 0.4) is 0 Å². The van der Waals surface area contributed by atoms with Crippen molar-refractivity contribution in [1.82, 2.24) is 19.5 Å².